The molecule has 1 aromatic rings. The molecule has 0 atom stereocenters. The zero-order valence-electron chi connectivity index (χ0n) is 17.0. The van der Waals surface area contributed by atoms with Gasteiger partial charge in [-0.1, -0.05) is 12.5 Å². The summed E-state index contributed by atoms with van der Waals surface area (Å²) in [5.74, 6) is -0.264. The standard InChI is InChI=1S/C21H29F3N2O3S/c22-21(23,24)17-5-4-6-19(13-17)30(28,29)15-16-7-9-18(10-8-16)25-20(27)14-26-11-2-1-3-12-26/h4-6,13,16,18H,1-3,7-12,14-15H2,(H,25,27)/t16-,18-. The zero-order valence-corrected chi connectivity index (χ0v) is 17.8. The van der Waals surface area contributed by atoms with Gasteiger partial charge in [-0.2, -0.15) is 13.2 Å². The summed E-state index contributed by atoms with van der Waals surface area (Å²) >= 11 is 0. The van der Waals surface area contributed by atoms with Gasteiger partial charge in [0.25, 0.3) is 0 Å². The summed E-state index contributed by atoms with van der Waals surface area (Å²) in [6.45, 7) is 2.31. The summed E-state index contributed by atoms with van der Waals surface area (Å²) in [4.78, 5) is 14.1. The number of nitrogens with zero attached hydrogens (tertiary/aromatic N) is 1. The van der Waals surface area contributed by atoms with Gasteiger partial charge in [-0.3, -0.25) is 9.69 Å². The van der Waals surface area contributed by atoms with E-state index >= 15 is 0 Å². The van der Waals surface area contributed by atoms with Gasteiger partial charge in [0.05, 0.1) is 22.8 Å². The van der Waals surface area contributed by atoms with E-state index in [0.29, 0.717) is 38.3 Å². The SMILES string of the molecule is O=C(CN1CCCCC1)N[C@H]1CC[C@H](CS(=O)(=O)c2cccc(C(F)(F)F)c2)CC1. The second-order valence-corrected chi connectivity index (χ2v) is 10.5. The Balaban J connectivity index is 1.48. The number of piperidine rings is 1. The molecule has 168 valence electrons. The number of hydrogen-bond acceptors (Lipinski definition) is 4. The van der Waals surface area contributed by atoms with Crippen LogP contribution in [0.5, 0.6) is 0 Å². The highest BCUT2D eigenvalue weighted by molar-refractivity contribution is 7.91. The Hall–Kier alpha value is -1.61. The third kappa shape index (κ3) is 6.44. The Morgan fingerprint density at radius 3 is 2.37 bits per heavy atom. The number of halogens is 3. The molecule has 30 heavy (non-hydrogen) atoms. The molecule has 0 radical (unpaired) electrons. The molecule has 1 N–H and O–H groups in total. The predicted molar refractivity (Wildman–Crippen MR) is 108 cm³/mol. The van der Waals surface area contributed by atoms with Gasteiger partial charge >= 0.3 is 6.18 Å². The van der Waals surface area contributed by atoms with Crippen molar-refractivity contribution in [2.45, 2.75) is 62.1 Å². The van der Waals surface area contributed by atoms with Crippen LogP contribution in [0.2, 0.25) is 0 Å². The van der Waals surface area contributed by atoms with Gasteiger partial charge < -0.3 is 5.32 Å². The fourth-order valence-corrected chi connectivity index (χ4v) is 6.08. The average molecular weight is 447 g/mol. The van der Waals surface area contributed by atoms with Gasteiger partial charge in [0.2, 0.25) is 5.91 Å². The van der Waals surface area contributed by atoms with Crippen molar-refractivity contribution in [1.82, 2.24) is 10.2 Å². The number of benzene rings is 1. The Morgan fingerprint density at radius 1 is 1.07 bits per heavy atom. The number of amides is 1. The van der Waals surface area contributed by atoms with Crippen LogP contribution < -0.4 is 5.32 Å². The number of carbonyl (C=O) groups is 1. The maximum absolute atomic E-state index is 12.9. The topological polar surface area (TPSA) is 66.5 Å². The Morgan fingerprint density at radius 2 is 1.73 bits per heavy atom. The van der Waals surface area contributed by atoms with E-state index in [1.165, 1.54) is 12.5 Å². The molecule has 2 fully saturated rings. The number of alkyl halides is 3. The van der Waals surface area contributed by atoms with Crippen molar-refractivity contribution in [3.63, 3.8) is 0 Å². The summed E-state index contributed by atoms with van der Waals surface area (Å²) in [5.41, 5.74) is -0.955. The Kier molecular flexibility index (Phi) is 7.44. The molecule has 3 rings (SSSR count). The van der Waals surface area contributed by atoms with Crippen LogP contribution in [-0.2, 0) is 20.8 Å². The predicted octanol–water partition coefficient (Wildman–Crippen LogP) is 3.64. The first-order valence-corrected chi connectivity index (χ1v) is 12.2. The molecule has 0 aromatic heterocycles. The van der Waals surface area contributed by atoms with E-state index in [2.05, 4.69) is 10.2 Å². The molecule has 0 bridgehead atoms. The van der Waals surface area contributed by atoms with Gasteiger partial charge in [0.1, 0.15) is 0 Å². The minimum absolute atomic E-state index is 0.0111. The second kappa shape index (κ2) is 9.68. The molecule has 2 aliphatic rings. The molecule has 5 nitrogen and oxygen atoms in total. The monoisotopic (exact) mass is 446 g/mol. The van der Waals surface area contributed by atoms with E-state index in [-0.39, 0.29) is 28.5 Å². The number of sulfone groups is 1. The van der Waals surface area contributed by atoms with Gasteiger partial charge in [-0.25, -0.2) is 8.42 Å². The van der Waals surface area contributed by atoms with E-state index in [1.54, 1.807) is 0 Å². The van der Waals surface area contributed by atoms with Crippen molar-refractivity contribution in [3.8, 4) is 0 Å². The first kappa shape index (κ1) is 23.1. The van der Waals surface area contributed by atoms with Crippen molar-refractivity contribution >= 4 is 15.7 Å². The van der Waals surface area contributed by atoms with Crippen LogP contribution in [0.25, 0.3) is 0 Å². The molecule has 1 aromatic carbocycles. The van der Waals surface area contributed by atoms with Crippen molar-refractivity contribution < 1.29 is 26.4 Å². The van der Waals surface area contributed by atoms with Gasteiger partial charge in [-0.05, 0) is 75.7 Å². The average Bonchev–Trinajstić information content (AvgIpc) is 2.69. The lowest BCUT2D eigenvalue weighted by Crippen LogP contribution is -2.45. The molecule has 9 heteroatoms. The van der Waals surface area contributed by atoms with Crippen molar-refractivity contribution in [3.05, 3.63) is 29.8 Å². The first-order valence-electron chi connectivity index (χ1n) is 10.6. The van der Waals surface area contributed by atoms with Crippen LogP contribution in [-0.4, -0.2) is 50.7 Å². The molecule has 1 aliphatic heterocycles. The number of nitrogens with one attached hydrogen (secondary N) is 1. The zero-order chi connectivity index (χ0) is 21.8. The van der Waals surface area contributed by atoms with E-state index in [4.69, 9.17) is 0 Å². The minimum atomic E-state index is -4.57. The lowest BCUT2D eigenvalue weighted by molar-refractivity contribution is -0.137. The molecule has 0 unspecified atom stereocenters. The second-order valence-electron chi connectivity index (χ2n) is 8.43. The molecule has 0 spiro atoms. The molecule has 1 aliphatic carbocycles. The summed E-state index contributed by atoms with van der Waals surface area (Å²) in [6, 6.07) is 3.97. The first-order chi connectivity index (χ1) is 14.1. The number of likely N-dealkylation sites (tertiary alicyclic amines) is 1. The van der Waals surface area contributed by atoms with Crippen molar-refractivity contribution in [2.75, 3.05) is 25.4 Å². The van der Waals surface area contributed by atoms with E-state index in [1.807, 2.05) is 0 Å². The molecule has 1 saturated heterocycles. The fourth-order valence-electron chi connectivity index (χ4n) is 4.34. The normalized spacial score (nSPS) is 23.8. The van der Waals surface area contributed by atoms with Gasteiger partial charge in [-0.15, -0.1) is 0 Å². The van der Waals surface area contributed by atoms with Gasteiger partial charge in [0.15, 0.2) is 9.84 Å². The van der Waals surface area contributed by atoms with Crippen LogP contribution in [0.1, 0.15) is 50.5 Å². The van der Waals surface area contributed by atoms with Crippen molar-refractivity contribution in [1.29, 1.82) is 0 Å². The van der Waals surface area contributed by atoms with Crippen LogP contribution >= 0.6 is 0 Å². The number of hydrogen-bond donors (Lipinski definition) is 1. The Bertz CT molecular complexity index is 828. The summed E-state index contributed by atoms with van der Waals surface area (Å²) in [7, 11) is -3.80. The molecule has 1 saturated carbocycles. The van der Waals surface area contributed by atoms with E-state index in [9.17, 15) is 26.4 Å². The highest BCUT2D eigenvalue weighted by atomic mass is 32.2. The summed E-state index contributed by atoms with van der Waals surface area (Å²) in [6.07, 6.45) is 1.53. The third-order valence-electron chi connectivity index (χ3n) is 6.00. The van der Waals surface area contributed by atoms with Gasteiger partial charge in [0, 0.05) is 6.04 Å². The maximum atomic E-state index is 12.9. The van der Waals surface area contributed by atoms with Crippen molar-refractivity contribution in [2.24, 2.45) is 5.92 Å². The van der Waals surface area contributed by atoms with Crippen LogP contribution in [0.15, 0.2) is 29.2 Å². The number of rotatable bonds is 6. The fraction of sp³-hybridized carbons (Fsp3) is 0.667. The summed E-state index contributed by atoms with van der Waals surface area (Å²) in [5, 5.41) is 3.05. The smallest absolute Gasteiger partial charge is 0.352 e. The number of carbonyl (C=O) groups excluding carboxylic acids is 1. The molecule has 1 amide bonds. The molecular weight excluding hydrogens is 417 g/mol. The lowest BCUT2D eigenvalue weighted by atomic mass is 9.87. The quantitative estimate of drug-likeness (QED) is 0.725. The highest BCUT2D eigenvalue weighted by Gasteiger charge is 2.33. The van der Waals surface area contributed by atoms with Crippen LogP contribution in [0.3, 0.4) is 0 Å². The maximum Gasteiger partial charge on any atom is 0.416 e. The largest absolute Gasteiger partial charge is 0.416 e. The van der Waals surface area contributed by atoms with Crippen LogP contribution in [0.4, 0.5) is 13.2 Å². The molecular formula is C21H29F3N2O3S. The third-order valence-corrected chi connectivity index (χ3v) is 7.89. The highest BCUT2D eigenvalue weighted by Crippen LogP contribution is 2.32. The van der Waals surface area contributed by atoms with E-state index in [0.717, 1.165) is 38.1 Å². The Labute approximate surface area is 175 Å². The lowest BCUT2D eigenvalue weighted by Gasteiger charge is -2.30. The molecule has 1 heterocycles. The van der Waals surface area contributed by atoms with E-state index < -0.39 is 21.6 Å². The summed E-state index contributed by atoms with van der Waals surface area (Å²) < 4.78 is 63.9. The minimum Gasteiger partial charge on any atom is -0.352 e. The van der Waals surface area contributed by atoms with Crippen LogP contribution in [0, 0.1) is 5.92 Å².